The van der Waals surface area contributed by atoms with Gasteiger partial charge in [-0.1, -0.05) is 24.3 Å². The highest BCUT2D eigenvalue weighted by Crippen LogP contribution is 2.49. The van der Waals surface area contributed by atoms with Gasteiger partial charge in [0, 0.05) is 25.2 Å². The molecule has 0 saturated heterocycles. The molecule has 2 heterocycles. The van der Waals surface area contributed by atoms with E-state index in [9.17, 15) is 4.79 Å². The third-order valence-corrected chi connectivity index (χ3v) is 6.62. The summed E-state index contributed by atoms with van der Waals surface area (Å²) in [6, 6.07) is 10.8. The van der Waals surface area contributed by atoms with E-state index in [1.54, 1.807) is 7.05 Å². The van der Waals surface area contributed by atoms with Crippen molar-refractivity contribution in [3.05, 3.63) is 52.6 Å². The van der Waals surface area contributed by atoms with Crippen molar-refractivity contribution in [2.75, 3.05) is 29.6 Å². The Bertz CT molecular complexity index is 927. The highest BCUT2D eigenvalue weighted by Gasteiger charge is 2.42. The smallest absolute Gasteiger partial charge is 0.251 e. The standard InChI is InChI=1S/C22H26N4O/c1-13-24-20-18(26(13)3)10-17(21(27)23-2)16-8-9-22(25-19(16)20)11-14-6-4-5-7-15(14)12-22/h4-7,10,13,24-25H,8-9,11-12H2,1-3H3,(H,23,27). The minimum Gasteiger partial charge on any atom is -0.377 e. The van der Waals surface area contributed by atoms with Crippen molar-refractivity contribution in [3.8, 4) is 0 Å². The lowest BCUT2D eigenvalue weighted by Crippen LogP contribution is -2.43. The fraction of sp³-hybridized carbons (Fsp3) is 0.409. The molecule has 5 rings (SSSR count). The molecule has 0 saturated carbocycles. The molecule has 140 valence electrons. The van der Waals surface area contributed by atoms with Crippen LogP contribution in [0.3, 0.4) is 0 Å². The van der Waals surface area contributed by atoms with Crippen LogP contribution in [0.5, 0.6) is 0 Å². The monoisotopic (exact) mass is 362 g/mol. The van der Waals surface area contributed by atoms with Crippen molar-refractivity contribution in [1.29, 1.82) is 0 Å². The van der Waals surface area contributed by atoms with Crippen LogP contribution in [-0.4, -0.2) is 31.7 Å². The van der Waals surface area contributed by atoms with Crippen molar-refractivity contribution in [2.24, 2.45) is 0 Å². The number of benzene rings is 2. The first-order valence-corrected chi connectivity index (χ1v) is 9.78. The predicted molar refractivity (Wildman–Crippen MR) is 110 cm³/mol. The van der Waals surface area contributed by atoms with Gasteiger partial charge in [0.25, 0.3) is 5.91 Å². The predicted octanol–water partition coefficient (Wildman–Crippen LogP) is 3.15. The van der Waals surface area contributed by atoms with Crippen LogP contribution in [0.25, 0.3) is 0 Å². The van der Waals surface area contributed by atoms with Gasteiger partial charge in [-0.15, -0.1) is 0 Å². The van der Waals surface area contributed by atoms with Gasteiger partial charge in [0.2, 0.25) is 0 Å². The van der Waals surface area contributed by atoms with Gasteiger partial charge in [0.15, 0.2) is 0 Å². The number of nitrogens with one attached hydrogen (secondary N) is 3. The third-order valence-electron chi connectivity index (χ3n) is 6.62. The third kappa shape index (κ3) is 2.34. The lowest BCUT2D eigenvalue weighted by molar-refractivity contribution is 0.0962. The molecule has 1 spiro atoms. The molecule has 2 aromatic rings. The minimum atomic E-state index is -0.00513. The van der Waals surface area contributed by atoms with E-state index in [2.05, 4.69) is 59.1 Å². The zero-order valence-corrected chi connectivity index (χ0v) is 16.1. The Hall–Kier alpha value is -2.69. The molecule has 5 nitrogen and oxygen atoms in total. The Kier molecular flexibility index (Phi) is 3.45. The summed E-state index contributed by atoms with van der Waals surface area (Å²) in [4.78, 5) is 14.8. The van der Waals surface area contributed by atoms with Crippen LogP contribution >= 0.6 is 0 Å². The topological polar surface area (TPSA) is 56.4 Å². The van der Waals surface area contributed by atoms with Crippen molar-refractivity contribution < 1.29 is 4.79 Å². The molecule has 1 atom stereocenters. The molecule has 0 fully saturated rings. The van der Waals surface area contributed by atoms with E-state index in [0.717, 1.165) is 53.9 Å². The summed E-state index contributed by atoms with van der Waals surface area (Å²) in [5.74, 6) is -0.00513. The van der Waals surface area contributed by atoms with Gasteiger partial charge in [-0.05, 0) is 55.4 Å². The summed E-state index contributed by atoms with van der Waals surface area (Å²) in [7, 11) is 3.78. The lowest BCUT2D eigenvalue weighted by Gasteiger charge is -2.38. The molecule has 3 aliphatic rings. The summed E-state index contributed by atoms with van der Waals surface area (Å²) < 4.78 is 0. The van der Waals surface area contributed by atoms with Crippen LogP contribution in [0.4, 0.5) is 17.1 Å². The number of carbonyl (C=O) groups excluding carboxylic acids is 1. The Labute approximate surface area is 160 Å². The number of carbonyl (C=O) groups is 1. The molecule has 0 bridgehead atoms. The molecule has 1 amide bonds. The SMILES string of the molecule is CNC(=O)c1cc2c(c3c1CCC1(Cc4ccccc4C1)N3)NC(C)N2C. The van der Waals surface area contributed by atoms with Gasteiger partial charge >= 0.3 is 0 Å². The lowest BCUT2D eigenvalue weighted by atomic mass is 9.81. The average Bonchev–Trinajstić information content (AvgIpc) is 3.17. The van der Waals surface area contributed by atoms with Gasteiger partial charge in [0.1, 0.15) is 0 Å². The molecule has 0 radical (unpaired) electrons. The number of anilines is 3. The maximum Gasteiger partial charge on any atom is 0.251 e. The fourth-order valence-electron chi connectivity index (χ4n) is 5.03. The van der Waals surface area contributed by atoms with Crippen LogP contribution in [0, 0.1) is 0 Å². The van der Waals surface area contributed by atoms with Crippen molar-refractivity contribution in [3.63, 3.8) is 0 Å². The number of nitrogens with zero attached hydrogens (tertiary/aromatic N) is 1. The number of amides is 1. The molecule has 5 heteroatoms. The quantitative estimate of drug-likeness (QED) is 0.729. The van der Waals surface area contributed by atoms with Crippen LogP contribution in [0.1, 0.15) is 40.4 Å². The highest BCUT2D eigenvalue weighted by molar-refractivity contribution is 6.03. The molecule has 3 N–H and O–H groups in total. The molecule has 1 unspecified atom stereocenters. The number of rotatable bonds is 1. The molecule has 0 aromatic heterocycles. The Morgan fingerprint density at radius 1 is 1.22 bits per heavy atom. The van der Waals surface area contributed by atoms with Crippen LogP contribution in [0.15, 0.2) is 30.3 Å². The van der Waals surface area contributed by atoms with Crippen molar-refractivity contribution in [2.45, 2.75) is 44.3 Å². The second-order valence-corrected chi connectivity index (χ2v) is 8.21. The zero-order chi connectivity index (χ0) is 18.8. The average molecular weight is 362 g/mol. The van der Waals surface area contributed by atoms with Crippen molar-refractivity contribution >= 4 is 23.0 Å². The maximum absolute atomic E-state index is 12.6. The summed E-state index contributed by atoms with van der Waals surface area (Å²) in [6.07, 6.45) is 4.28. The van der Waals surface area contributed by atoms with Crippen molar-refractivity contribution in [1.82, 2.24) is 5.32 Å². The van der Waals surface area contributed by atoms with Gasteiger partial charge in [0.05, 0.1) is 23.2 Å². The Morgan fingerprint density at radius 3 is 2.59 bits per heavy atom. The van der Waals surface area contributed by atoms with Gasteiger partial charge in [-0.3, -0.25) is 4.79 Å². The van der Waals surface area contributed by atoms with Crippen LogP contribution in [0.2, 0.25) is 0 Å². The summed E-state index contributed by atoms with van der Waals surface area (Å²) >= 11 is 0. The van der Waals surface area contributed by atoms with Gasteiger partial charge < -0.3 is 20.9 Å². The van der Waals surface area contributed by atoms with Gasteiger partial charge in [-0.2, -0.15) is 0 Å². The highest BCUT2D eigenvalue weighted by atomic mass is 16.1. The summed E-state index contributed by atoms with van der Waals surface area (Å²) in [6.45, 7) is 2.15. The molecule has 27 heavy (non-hydrogen) atoms. The first-order valence-electron chi connectivity index (χ1n) is 9.78. The largest absolute Gasteiger partial charge is 0.377 e. The Morgan fingerprint density at radius 2 is 1.93 bits per heavy atom. The number of hydrogen-bond acceptors (Lipinski definition) is 4. The summed E-state index contributed by atoms with van der Waals surface area (Å²) in [5, 5.41) is 10.3. The second-order valence-electron chi connectivity index (χ2n) is 8.21. The van der Waals surface area contributed by atoms with Gasteiger partial charge in [-0.25, -0.2) is 0 Å². The molecule has 2 aliphatic heterocycles. The second kappa shape index (κ2) is 5.65. The zero-order valence-electron chi connectivity index (χ0n) is 16.1. The fourth-order valence-corrected chi connectivity index (χ4v) is 5.03. The molecule has 1 aliphatic carbocycles. The molecular formula is C22H26N4O. The Balaban J connectivity index is 1.62. The van der Waals surface area contributed by atoms with Crippen LogP contribution in [-0.2, 0) is 19.3 Å². The normalized spacial score (nSPS) is 21.1. The van der Waals surface area contributed by atoms with Crippen LogP contribution < -0.4 is 20.9 Å². The summed E-state index contributed by atoms with van der Waals surface area (Å²) in [5.41, 5.74) is 8.26. The minimum absolute atomic E-state index is 0.00513. The number of fused-ring (bicyclic) bond motifs is 4. The van der Waals surface area contributed by atoms with E-state index in [1.807, 2.05) is 6.07 Å². The first kappa shape index (κ1) is 16.5. The van der Waals surface area contributed by atoms with E-state index in [-0.39, 0.29) is 17.6 Å². The molecular weight excluding hydrogens is 336 g/mol. The first-order chi connectivity index (χ1) is 13.0. The van der Waals surface area contributed by atoms with E-state index in [0.29, 0.717) is 0 Å². The van der Waals surface area contributed by atoms with E-state index in [1.165, 1.54) is 11.1 Å². The van der Waals surface area contributed by atoms with E-state index >= 15 is 0 Å². The van der Waals surface area contributed by atoms with E-state index < -0.39 is 0 Å². The number of hydrogen-bond donors (Lipinski definition) is 3. The maximum atomic E-state index is 12.6. The van der Waals surface area contributed by atoms with E-state index in [4.69, 9.17) is 0 Å². The molecule has 2 aromatic carbocycles.